The molecule has 24 heavy (non-hydrogen) atoms. The fraction of sp³-hybridized carbons (Fsp3) is 0.222. The smallest absolute Gasteiger partial charge is 0.259 e. The number of hydrogen-bond acceptors (Lipinski definition) is 5. The summed E-state index contributed by atoms with van der Waals surface area (Å²) >= 11 is 0. The molecule has 0 radical (unpaired) electrons. The molecule has 0 unspecified atom stereocenters. The van der Waals surface area contributed by atoms with Crippen LogP contribution in [0.1, 0.15) is 12.5 Å². The number of hydrazone groups is 1. The third kappa shape index (κ3) is 4.74. The van der Waals surface area contributed by atoms with Crippen molar-refractivity contribution in [3.8, 4) is 11.5 Å². The van der Waals surface area contributed by atoms with Crippen LogP contribution in [0.15, 0.2) is 53.6 Å². The molecular formula is C18H21N3O3. The van der Waals surface area contributed by atoms with Crippen LogP contribution in [0.4, 0.5) is 5.69 Å². The van der Waals surface area contributed by atoms with Gasteiger partial charge in [-0.05, 0) is 48.9 Å². The predicted octanol–water partition coefficient (Wildman–Crippen LogP) is 2.66. The summed E-state index contributed by atoms with van der Waals surface area (Å²) in [7, 11) is 3.20. The van der Waals surface area contributed by atoms with Gasteiger partial charge in [0.2, 0.25) is 0 Å². The second kappa shape index (κ2) is 8.57. The van der Waals surface area contributed by atoms with E-state index in [4.69, 9.17) is 9.47 Å². The molecule has 2 aromatic carbocycles. The first-order chi connectivity index (χ1) is 11.6. The molecule has 0 aliphatic carbocycles. The Kier molecular flexibility index (Phi) is 6.19. The quantitative estimate of drug-likeness (QED) is 0.606. The van der Waals surface area contributed by atoms with Crippen LogP contribution in [0.25, 0.3) is 0 Å². The van der Waals surface area contributed by atoms with Crippen LogP contribution in [-0.4, -0.2) is 32.4 Å². The summed E-state index contributed by atoms with van der Waals surface area (Å²) in [6.45, 7) is 1.93. The van der Waals surface area contributed by atoms with E-state index in [0.29, 0.717) is 11.5 Å². The molecule has 0 aromatic heterocycles. The molecule has 6 heteroatoms. The minimum atomic E-state index is -0.242. The first-order valence-electron chi connectivity index (χ1n) is 7.48. The Morgan fingerprint density at radius 3 is 2.42 bits per heavy atom. The molecular weight excluding hydrogens is 306 g/mol. The van der Waals surface area contributed by atoms with Gasteiger partial charge in [-0.25, -0.2) is 5.43 Å². The van der Waals surface area contributed by atoms with Crippen molar-refractivity contribution in [3.63, 3.8) is 0 Å². The van der Waals surface area contributed by atoms with Gasteiger partial charge in [0.1, 0.15) is 11.5 Å². The van der Waals surface area contributed by atoms with Crippen LogP contribution in [0.3, 0.4) is 0 Å². The fourth-order valence-corrected chi connectivity index (χ4v) is 2.05. The van der Waals surface area contributed by atoms with Crippen LogP contribution < -0.4 is 20.2 Å². The van der Waals surface area contributed by atoms with Crippen molar-refractivity contribution in [2.24, 2.45) is 5.10 Å². The molecule has 2 N–H and O–H groups in total. The molecule has 0 atom stereocenters. The number of carbonyl (C=O) groups excluding carboxylic acids is 1. The lowest BCUT2D eigenvalue weighted by molar-refractivity contribution is -0.119. The summed E-state index contributed by atoms with van der Waals surface area (Å²) in [6.07, 6.45) is 0. The number of para-hydroxylation sites is 2. The number of carbonyl (C=O) groups is 1. The molecule has 0 saturated carbocycles. The van der Waals surface area contributed by atoms with Gasteiger partial charge in [0.05, 0.1) is 32.2 Å². The van der Waals surface area contributed by atoms with Crippen LogP contribution in [0, 0.1) is 0 Å². The largest absolute Gasteiger partial charge is 0.497 e. The van der Waals surface area contributed by atoms with E-state index in [0.717, 1.165) is 17.0 Å². The number of nitrogens with one attached hydrogen (secondary N) is 2. The van der Waals surface area contributed by atoms with E-state index in [2.05, 4.69) is 15.8 Å². The van der Waals surface area contributed by atoms with E-state index in [9.17, 15) is 4.79 Å². The van der Waals surface area contributed by atoms with Crippen LogP contribution in [0.5, 0.6) is 11.5 Å². The summed E-state index contributed by atoms with van der Waals surface area (Å²) in [6, 6.07) is 14.9. The highest BCUT2D eigenvalue weighted by atomic mass is 16.5. The van der Waals surface area contributed by atoms with Gasteiger partial charge in [-0.3, -0.25) is 4.79 Å². The van der Waals surface area contributed by atoms with Gasteiger partial charge in [0.15, 0.2) is 0 Å². The van der Waals surface area contributed by atoms with E-state index in [-0.39, 0.29) is 12.5 Å². The Balaban J connectivity index is 1.89. The molecule has 0 heterocycles. The van der Waals surface area contributed by atoms with Crippen molar-refractivity contribution >= 4 is 17.3 Å². The Morgan fingerprint density at radius 1 is 1.04 bits per heavy atom. The van der Waals surface area contributed by atoms with Gasteiger partial charge in [-0.1, -0.05) is 12.1 Å². The number of nitrogens with zero attached hydrogens (tertiary/aromatic N) is 1. The molecule has 1 amide bonds. The van der Waals surface area contributed by atoms with Crippen LogP contribution >= 0.6 is 0 Å². The number of hydrogen-bond donors (Lipinski definition) is 2. The zero-order chi connectivity index (χ0) is 17.4. The lowest BCUT2D eigenvalue weighted by Gasteiger charge is -2.10. The monoisotopic (exact) mass is 327 g/mol. The summed E-state index contributed by atoms with van der Waals surface area (Å²) < 4.78 is 10.3. The number of methoxy groups -OCH3 is 2. The highest BCUT2D eigenvalue weighted by Crippen LogP contribution is 2.22. The Hall–Kier alpha value is -3.02. The first-order valence-corrected chi connectivity index (χ1v) is 7.48. The van der Waals surface area contributed by atoms with E-state index in [1.54, 1.807) is 14.2 Å². The Labute approximate surface area is 141 Å². The van der Waals surface area contributed by atoms with Gasteiger partial charge < -0.3 is 14.8 Å². The van der Waals surface area contributed by atoms with Crippen LogP contribution in [-0.2, 0) is 4.79 Å². The minimum absolute atomic E-state index is 0.0970. The number of benzene rings is 2. The number of amides is 1. The number of ether oxygens (including phenoxy) is 2. The van der Waals surface area contributed by atoms with E-state index in [1.165, 1.54) is 0 Å². The molecule has 126 valence electrons. The second-order valence-electron chi connectivity index (χ2n) is 5.01. The zero-order valence-electron chi connectivity index (χ0n) is 14.0. The van der Waals surface area contributed by atoms with Crippen molar-refractivity contribution in [1.82, 2.24) is 5.43 Å². The van der Waals surface area contributed by atoms with Gasteiger partial charge in [0, 0.05) is 0 Å². The molecule has 6 nitrogen and oxygen atoms in total. The van der Waals surface area contributed by atoms with Crippen LogP contribution in [0.2, 0.25) is 0 Å². The highest BCUT2D eigenvalue weighted by molar-refractivity contribution is 5.99. The predicted molar refractivity (Wildman–Crippen MR) is 94.8 cm³/mol. The average molecular weight is 327 g/mol. The molecule has 0 spiro atoms. The van der Waals surface area contributed by atoms with Crippen molar-refractivity contribution < 1.29 is 14.3 Å². The topological polar surface area (TPSA) is 72.0 Å². The Bertz CT molecular complexity index is 712. The third-order valence-corrected chi connectivity index (χ3v) is 3.40. The van der Waals surface area contributed by atoms with Gasteiger partial charge >= 0.3 is 0 Å². The van der Waals surface area contributed by atoms with E-state index >= 15 is 0 Å². The summed E-state index contributed by atoms with van der Waals surface area (Å²) in [5.41, 5.74) is 4.91. The Morgan fingerprint density at radius 2 is 1.75 bits per heavy atom. The molecule has 0 fully saturated rings. The lowest BCUT2D eigenvalue weighted by Crippen LogP contribution is -2.26. The maximum Gasteiger partial charge on any atom is 0.259 e. The molecule has 0 aliphatic heterocycles. The summed E-state index contributed by atoms with van der Waals surface area (Å²) in [5, 5.41) is 7.13. The summed E-state index contributed by atoms with van der Waals surface area (Å²) in [5.74, 6) is 1.22. The molecule has 0 aliphatic rings. The third-order valence-electron chi connectivity index (χ3n) is 3.40. The second-order valence-corrected chi connectivity index (χ2v) is 5.01. The molecule has 2 rings (SSSR count). The first kappa shape index (κ1) is 17.3. The average Bonchev–Trinajstić information content (AvgIpc) is 2.64. The molecule has 0 saturated heterocycles. The fourth-order valence-electron chi connectivity index (χ4n) is 2.05. The minimum Gasteiger partial charge on any atom is -0.497 e. The maximum absolute atomic E-state index is 11.9. The summed E-state index contributed by atoms with van der Waals surface area (Å²) in [4.78, 5) is 11.9. The standard InChI is InChI=1S/C18H21N3O3/c1-13(14-8-10-15(23-2)11-9-14)20-21-18(22)12-19-16-6-4-5-7-17(16)24-3/h4-11,19H,12H2,1-3H3,(H,21,22)/b20-13-. The highest BCUT2D eigenvalue weighted by Gasteiger charge is 2.05. The molecule has 2 aromatic rings. The normalized spacial score (nSPS) is 10.9. The van der Waals surface area contributed by atoms with Gasteiger partial charge in [-0.15, -0.1) is 0 Å². The van der Waals surface area contributed by atoms with E-state index < -0.39 is 0 Å². The van der Waals surface area contributed by atoms with Gasteiger partial charge in [-0.2, -0.15) is 5.10 Å². The zero-order valence-corrected chi connectivity index (χ0v) is 14.0. The van der Waals surface area contributed by atoms with Crippen molar-refractivity contribution in [2.45, 2.75) is 6.92 Å². The molecule has 0 bridgehead atoms. The number of anilines is 1. The lowest BCUT2D eigenvalue weighted by atomic mass is 10.1. The van der Waals surface area contributed by atoms with Crippen molar-refractivity contribution in [3.05, 3.63) is 54.1 Å². The number of rotatable bonds is 7. The van der Waals surface area contributed by atoms with Gasteiger partial charge in [0.25, 0.3) is 5.91 Å². The van der Waals surface area contributed by atoms with Crippen molar-refractivity contribution in [1.29, 1.82) is 0 Å². The van der Waals surface area contributed by atoms with Crippen molar-refractivity contribution in [2.75, 3.05) is 26.1 Å². The maximum atomic E-state index is 11.9. The van der Waals surface area contributed by atoms with E-state index in [1.807, 2.05) is 55.5 Å². The SMILES string of the molecule is COc1ccc(/C(C)=N\NC(=O)CNc2ccccc2OC)cc1.